The summed E-state index contributed by atoms with van der Waals surface area (Å²) in [4.78, 5) is 19.7. The number of hydrogen-bond donors (Lipinski definition) is 1. The summed E-state index contributed by atoms with van der Waals surface area (Å²) in [5, 5.41) is 1.25. The molecule has 0 aliphatic heterocycles. The quantitative estimate of drug-likeness (QED) is 0.174. The third-order valence-electron chi connectivity index (χ3n) is 9.09. The van der Waals surface area contributed by atoms with Crippen molar-refractivity contribution in [1.82, 2.24) is 24.1 Å². The molecule has 7 nitrogen and oxygen atoms in total. The number of allylic oxidation sites excluding steroid dienone is 2. The first-order valence-electron chi connectivity index (χ1n) is 15.1. The Kier molecular flexibility index (Phi) is 5.91. The lowest BCUT2D eigenvalue weighted by molar-refractivity contribution is 0.564. The molecule has 1 atom stereocenters. The second-order valence-corrected chi connectivity index (χ2v) is 12.1. The van der Waals surface area contributed by atoms with E-state index < -0.39 is 5.41 Å². The monoisotopic (exact) mass is 575 g/mol. The molecule has 2 aromatic carbocycles. The SMILES string of the molecule is CC(N=C(/C=C(\N)c1ccccc1)n1c2c(c3ncncc31)-c1cccnc1C2(C)C)n1c2c(c3ccccc31)C=CCC2. The van der Waals surface area contributed by atoms with E-state index in [1.807, 2.05) is 54.9 Å². The molecule has 0 saturated carbocycles. The first kappa shape index (κ1) is 26.3. The minimum Gasteiger partial charge on any atom is -0.398 e. The van der Waals surface area contributed by atoms with E-state index in [0.717, 1.165) is 57.8 Å². The summed E-state index contributed by atoms with van der Waals surface area (Å²) in [6.45, 7) is 6.61. The number of nitrogens with two attached hydrogens (primary N) is 1. The van der Waals surface area contributed by atoms with Crippen molar-refractivity contribution >= 4 is 39.5 Å². The molecule has 0 saturated heterocycles. The number of para-hydroxylation sites is 1. The van der Waals surface area contributed by atoms with Crippen LogP contribution in [0.4, 0.5) is 0 Å². The van der Waals surface area contributed by atoms with Crippen LogP contribution in [0.3, 0.4) is 0 Å². The number of aliphatic imine (C=N–C) groups is 1. The van der Waals surface area contributed by atoms with Gasteiger partial charge in [0, 0.05) is 56.8 Å². The highest BCUT2D eigenvalue weighted by Gasteiger charge is 2.43. The van der Waals surface area contributed by atoms with Crippen molar-refractivity contribution in [2.75, 3.05) is 0 Å². The normalized spacial score (nSPS) is 16.2. The third kappa shape index (κ3) is 3.82. The van der Waals surface area contributed by atoms with Crippen LogP contribution in [0.25, 0.3) is 44.8 Å². The molecular formula is C37H33N7. The van der Waals surface area contributed by atoms with Gasteiger partial charge in [0.25, 0.3) is 0 Å². The molecule has 2 aliphatic rings. The smallest absolute Gasteiger partial charge is 0.136 e. The highest BCUT2D eigenvalue weighted by atomic mass is 15.2. The number of fused-ring (bicyclic) bond motifs is 8. The number of aromatic nitrogens is 5. The van der Waals surface area contributed by atoms with Gasteiger partial charge >= 0.3 is 0 Å². The Balaban J connectivity index is 1.42. The van der Waals surface area contributed by atoms with Gasteiger partial charge < -0.3 is 10.3 Å². The van der Waals surface area contributed by atoms with Crippen molar-refractivity contribution in [1.29, 1.82) is 0 Å². The Morgan fingerprint density at radius 3 is 2.68 bits per heavy atom. The van der Waals surface area contributed by atoms with Crippen molar-refractivity contribution in [3.63, 3.8) is 0 Å². The molecule has 8 rings (SSSR count). The lowest BCUT2D eigenvalue weighted by atomic mass is 9.89. The summed E-state index contributed by atoms with van der Waals surface area (Å²) >= 11 is 0. The van der Waals surface area contributed by atoms with E-state index in [0.29, 0.717) is 5.70 Å². The highest BCUT2D eigenvalue weighted by molar-refractivity contribution is 6.11. The lowest BCUT2D eigenvalue weighted by Crippen LogP contribution is -2.26. The predicted molar refractivity (Wildman–Crippen MR) is 178 cm³/mol. The summed E-state index contributed by atoms with van der Waals surface area (Å²) < 4.78 is 4.61. The molecule has 4 aromatic heterocycles. The predicted octanol–water partition coefficient (Wildman–Crippen LogP) is 7.51. The summed E-state index contributed by atoms with van der Waals surface area (Å²) in [5.41, 5.74) is 17.9. The van der Waals surface area contributed by atoms with Crippen LogP contribution in [0, 0.1) is 0 Å². The van der Waals surface area contributed by atoms with Crippen LogP contribution in [0.2, 0.25) is 0 Å². The van der Waals surface area contributed by atoms with E-state index in [-0.39, 0.29) is 6.17 Å². The lowest BCUT2D eigenvalue weighted by Gasteiger charge is -2.24. The van der Waals surface area contributed by atoms with E-state index >= 15 is 0 Å². The standard InChI is InChI=1S/C37H33N7/c1-23(43-29-17-9-7-14-25(29)26-15-8-10-18-30(26)43)42-32(20-28(38)24-12-5-4-6-13-24)44-31-21-39-22-41-34(31)33-27-16-11-19-40-35(27)37(2,3)36(33)44/h4-9,11-17,19-23H,10,18,38H2,1-3H3/b28-20-,42-32?. The first-order chi connectivity index (χ1) is 21.4. The average molecular weight is 576 g/mol. The summed E-state index contributed by atoms with van der Waals surface area (Å²) in [6.07, 6.45) is 13.7. The summed E-state index contributed by atoms with van der Waals surface area (Å²) in [5.74, 6) is 0.735. The minimum absolute atomic E-state index is 0.215. The van der Waals surface area contributed by atoms with Gasteiger partial charge in [-0.1, -0.05) is 66.7 Å². The van der Waals surface area contributed by atoms with E-state index in [9.17, 15) is 0 Å². The van der Waals surface area contributed by atoms with Gasteiger partial charge in [-0.2, -0.15) is 0 Å². The summed E-state index contributed by atoms with van der Waals surface area (Å²) in [6, 6.07) is 22.8. The van der Waals surface area contributed by atoms with Crippen LogP contribution in [0.1, 0.15) is 61.6 Å². The van der Waals surface area contributed by atoms with Crippen LogP contribution >= 0.6 is 0 Å². The first-order valence-corrected chi connectivity index (χ1v) is 15.1. The molecule has 2 N–H and O–H groups in total. The van der Waals surface area contributed by atoms with Crippen molar-refractivity contribution in [3.8, 4) is 11.1 Å². The van der Waals surface area contributed by atoms with Crippen LogP contribution in [0.5, 0.6) is 0 Å². The van der Waals surface area contributed by atoms with Gasteiger partial charge in [-0.3, -0.25) is 9.55 Å². The van der Waals surface area contributed by atoms with Gasteiger partial charge in [0.05, 0.1) is 22.9 Å². The zero-order chi connectivity index (χ0) is 30.0. The largest absolute Gasteiger partial charge is 0.398 e. The number of benzene rings is 2. The molecule has 44 heavy (non-hydrogen) atoms. The van der Waals surface area contributed by atoms with Gasteiger partial charge in [-0.05, 0) is 51.3 Å². The van der Waals surface area contributed by atoms with Crippen molar-refractivity contribution < 1.29 is 0 Å². The van der Waals surface area contributed by atoms with Gasteiger partial charge in [-0.15, -0.1) is 0 Å². The Morgan fingerprint density at radius 1 is 1.00 bits per heavy atom. The molecule has 0 radical (unpaired) electrons. The highest BCUT2D eigenvalue weighted by Crippen LogP contribution is 2.51. The maximum atomic E-state index is 6.85. The zero-order valence-electron chi connectivity index (χ0n) is 25.1. The van der Waals surface area contributed by atoms with Crippen LogP contribution in [-0.4, -0.2) is 29.9 Å². The van der Waals surface area contributed by atoms with Crippen molar-refractivity contribution in [2.24, 2.45) is 10.7 Å². The topological polar surface area (TPSA) is 86.9 Å². The van der Waals surface area contributed by atoms with E-state index in [1.165, 1.54) is 22.2 Å². The van der Waals surface area contributed by atoms with Crippen molar-refractivity contribution in [3.05, 3.63) is 126 Å². The molecule has 0 bridgehead atoms. The zero-order valence-corrected chi connectivity index (χ0v) is 25.1. The van der Waals surface area contributed by atoms with Gasteiger partial charge in [-0.25, -0.2) is 15.0 Å². The molecule has 4 heterocycles. The fourth-order valence-corrected chi connectivity index (χ4v) is 7.22. The second-order valence-electron chi connectivity index (χ2n) is 12.1. The maximum Gasteiger partial charge on any atom is 0.136 e. The number of pyridine rings is 1. The molecule has 0 spiro atoms. The van der Waals surface area contributed by atoms with Crippen LogP contribution in [0.15, 0.2) is 103 Å². The van der Waals surface area contributed by atoms with Gasteiger partial charge in [0.1, 0.15) is 23.8 Å². The van der Waals surface area contributed by atoms with E-state index in [1.54, 1.807) is 6.33 Å². The third-order valence-corrected chi connectivity index (χ3v) is 9.09. The van der Waals surface area contributed by atoms with Crippen LogP contribution < -0.4 is 5.73 Å². The number of hydrogen-bond acceptors (Lipinski definition) is 5. The average Bonchev–Trinajstić information content (AvgIpc) is 3.66. The molecule has 6 aromatic rings. The fraction of sp³-hybridized carbons (Fsp3) is 0.189. The second kappa shape index (κ2) is 9.88. The Morgan fingerprint density at radius 2 is 1.82 bits per heavy atom. The maximum absolute atomic E-state index is 6.85. The minimum atomic E-state index is -0.407. The number of rotatable bonds is 4. The van der Waals surface area contributed by atoms with Crippen molar-refractivity contribution in [2.45, 2.75) is 45.2 Å². The van der Waals surface area contributed by atoms with E-state index in [2.05, 4.69) is 77.4 Å². The Hall–Kier alpha value is -5.30. The van der Waals surface area contributed by atoms with Gasteiger partial charge in [0.15, 0.2) is 0 Å². The number of nitrogens with zero attached hydrogens (tertiary/aromatic N) is 6. The molecule has 216 valence electrons. The molecule has 0 fully saturated rings. The molecule has 7 heteroatoms. The fourth-order valence-electron chi connectivity index (χ4n) is 7.22. The molecule has 2 aliphatic carbocycles. The van der Waals surface area contributed by atoms with Crippen LogP contribution in [-0.2, 0) is 11.8 Å². The molecule has 0 amide bonds. The van der Waals surface area contributed by atoms with E-state index in [4.69, 9.17) is 20.7 Å². The summed E-state index contributed by atoms with van der Waals surface area (Å²) in [7, 11) is 0. The Labute approximate surface area is 256 Å². The Bertz CT molecular complexity index is 2180. The van der Waals surface area contributed by atoms with Gasteiger partial charge in [0.2, 0.25) is 0 Å². The molecule has 1 unspecified atom stereocenters. The molecular weight excluding hydrogens is 542 g/mol.